The van der Waals surface area contributed by atoms with E-state index in [0.717, 1.165) is 32.7 Å². The quantitative estimate of drug-likeness (QED) is 0.0922. The molecule has 6 aromatic rings. The minimum Gasteiger partial charge on any atom is -0.461 e. The number of esters is 2. The third-order valence-corrected chi connectivity index (χ3v) is 31.1. The van der Waals surface area contributed by atoms with Gasteiger partial charge < -0.3 is 18.6 Å². The summed E-state index contributed by atoms with van der Waals surface area (Å²) in [5, 5.41) is 3.76. The van der Waals surface area contributed by atoms with Crippen molar-refractivity contribution in [3.05, 3.63) is 162 Å². The SMILES string of the molecule is CCOC(=O)c1c2c(cn1C)S(=O)(=N[Si](c1ccccc1)(c1ccccc1)C(C)(C)C)N[C@@H](C(C)C)C=C2.CCOC(=O)c1c2c(cn1C)S(=O)(=N[Si](c1ccccc1)(c1ccccc1)C(C)(C)C)N[C@@H](C(C)C)CC2. The van der Waals surface area contributed by atoms with Gasteiger partial charge in [0.1, 0.15) is 31.2 Å². The average molecular weight is 1100 g/mol. The van der Waals surface area contributed by atoms with Crippen LogP contribution >= 0.6 is 0 Å². The van der Waals surface area contributed by atoms with Crippen molar-refractivity contribution in [3.8, 4) is 0 Å². The first-order chi connectivity index (χ1) is 35.9. The summed E-state index contributed by atoms with van der Waals surface area (Å²) in [6.45, 7) is 25.8. The van der Waals surface area contributed by atoms with Crippen molar-refractivity contribution < 1.29 is 27.5 Å². The van der Waals surface area contributed by atoms with E-state index < -0.39 is 42.3 Å². The second kappa shape index (κ2) is 23.1. The predicted molar refractivity (Wildman–Crippen MR) is 317 cm³/mol. The van der Waals surface area contributed by atoms with Crippen molar-refractivity contribution in [2.45, 2.75) is 128 Å². The number of rotatable bonds is 12. The number of nitrogens with zero attached hydrogens (tertiary/aromatic N) is 4. The molecule has 16 heteroatoms. The van der Waals surface area contributed by atoms with E-state index in [1.54, 1.807) is 36.2 Å². The number of ether oxygens (including phenoxy) is 2. The molecule has 8 rings (SSSR count). The van der Waals surface area contributed by atoms with Crippen LogP contribution in [0.15, 0.2) is 158 Å². The smallest absolute Gasteiger partial charge is 0.355 e. The zero-order chi connectivity index (χ0) is 55.4. The van der Waals surface area contributed by atoms with Gasteiger partial charge in [-0.3, -0.25) is 0 Å². The minimum absolute atomic E-state index is 0.0165. The molecule has 0 bridgehead atoms. The summed E-state index contributed by atoms with van der Waals surface area (Å²) in [6.07, 6.45) is 8.92. The molecular formula is C60H80N6O6S2Si2. The number of fused-ring (bicyclic) bond motifs is 2. The van der Waals surface area contributed by atoms with Crippen LogP contribution in [0.5, 0.6) is 0 Å². The van der Waals surface area contributed by atoms with Crippen molar-refractivity contribution >= 4 is 75.1 Å². The largest absolute Gasteiger partial charge is 0.461 e. The van der Waals surface area contributed by atoms with Crippen molar-refractivity contribution in [1.82, 2.24) is 18.6 Å². The van der Waals surface area contributed by atoms with Crippen LogP contribution in [0, 0.1) is 11.8 Å². The molecule has 12 nitrogen and oxygen atoms in total. The standard InChI is InChI=1S/C30H41N3O3SSi.C30H39N3O3SSi/c2*1-8-36-29(34)28-25-19-20-26(22(2)3)31-37(35,27(25)21-33(28)7)32-38(30(4,5)6,23-15-11-9-12-16-23)24-17-13-10-14-18-24/h9-18,21-22,26H,8,19-20H2,1-7H3,(H,31,32,35);9-22,26H,8H2,1-7H3,(H,31,32,35)/t2*26-,37?/m11/s1. The summed E-state index contributed by atoms with van der Waals surface area (Å²) in [4.78, 5) is 27.2. The number of hydrogen-bond acceptors (Lipinski definition) is 8. The minimum atomic E-state index is -3.22. The maximum Gasteiger partial charge on any atom is 0.355 e. The highest BCUT2D eigenvalue weighted by atomic mass is 32.2. The van der Waals surface area contributed by atoms with Gasteiger partial charge >= 0.3 is 11.9 Å². The van der Waals surface area contributed by atoms with E-state index in [-0.39, 0.29) is 53.2 Å². The molecule has 2 N–H and O–H groups in total. The maximum atomic E-state index is 15.5. The van der Waals surface area contributed by atoms with Crippen molar-refractivity contribution in [2.24, 2.45) is 34.0 Å². The lowest BCUT2D eigenvalue weighted by atomic mass is 9.97. The highest BCUT2D eigenvalue weighted by molar-refractivity contribution is 7.93. The first-order valence-electron chi connectivity index (χ1n) is 26.6. The van der Waals surface area contributed by atoms with Gasteiger partial charge in [-0.05, 0) is 69.3 Å². The number of aromatic nitrogens is 2. The Morgan fingerprint density at radius 2 is 0.987 bits per heavy atom. The molecule has 2 aliphatic heterocycles. The maximum absolute atomic E-state index is 15.5. The number of carbonyl (C=O) groups is 2. The Morgan fingerprint density at radius 1 is 0.605 bits per heavy atom. The molecule has 406 valence electrons. The Labute approximate surface area is 455 Å². The molecule has 4 heterocycles. The third-order valence-electron chi connectivity index (χ3n) is 14.7. The van der Waals surface area contributed by atoms with E-state index in [1.807, 2.05) is 98.2 Å². The number of benzene rings is 4. The first-order valence-corrected chi connectivity index (χ1v) is 33.5. The first kappa shape index (κ1) is 58.1. The Bertz CT molecular complexity index is 3100. The molecule has 0 saturated heterocycles. The summed E-state index contributed by atoms with van der Waals surface area (Å²) in [6, 6.07) is 41.0. The summed E-state index contributed by atoms with van der Waals surface area (Å²) in [5.41, 5.74) is 2.25. The second-order valence-electron chi connectivity index (χ2n) is 22.6. The van der Waals surface area contributed by atoms with Gasteiger partial charge in [0.15, 0.2) is 0 Å². The molecule has 2 aliphatic rings. The van der Waals surface area contributed by atoms with E-state index in [2.05, 4.69) is 127 Å². The lowest BCUT2D eigenvalue weighted by Gasteiger charge is -2.40. The molecule has 0 spiro atoms. The van der Waals surface area contributed by atoms with Crippen LogP contribution in [-0.4, -0.2) is 71.3 Å². The second-order valence-corrected chi connectivity index (χ2v) is 35.7. The Morgan fingerprint density at radius 3 is 1.37 bits per heavy atom. The topological polar surface area (TPSA) is 145 Å². The molecule has 2 unspecified atom stereocenters. The highest BCUT2D eigenvalue weighted by Crippen LogP contribution is 2.42. The molecule has 0 fully saturated rings. The molecule has 2 aromatic heterocycles. The van der Waals surface area contributed by atoms with Gasteiger partial charge in [-0.2, -0.15) is 0 Å². The number of aryl methyl sites for hydroxylation is 2. The normalized spacial score (nSPS) is 19.8. The molecule has 4 aromatic carbocycles. The van der Waals surface area contributed by atoms with Crippen LogP contribution in [0.4, 0.5) is 0 Å². The van der Waals surface area contributed by atoms with E-state index in [1.165, 1.54) is 0 Å². The number of carbonyl (C=O) groups excluding carboxylic acids is 2. The van der Waals surface area contributed by atoms with Gasteiger partial charge in [-0.15, -0.1) is 0 Å². The van der Waals surface area contributed by atoms with E-state index in [9.17, 15) is 9.59 Å². The number of nitrogens with one attached hydrogen (secondary N) is 2. The van der Waals surface area contributed by atoms with Gasteiger partial charge in [0.25, 0.3) is 16.5 Å². The number of hydrogen-bond donors (Lipinski definition) is 2. The third kappa shape index (κ3) is 11.2. The van der Waals surface area contributed by atoms with E-state index >= 15 is 8.42 Å². The molecule has 76 heavy (non-hydrogen) atoms. The molecule has 0 saturated carbocycles. The van der Waals surface area contributed by atoms with Gasteiger partial charge in [-0.25, -0.2) is 35.5 Å². The lowest BCUT2D eigenvalue weighted by molar-refractivity contribution is 0.0504. The average Bonchev–Trinajstić information content (AvgIpc) is 3.84. The highest BCUT2D eigenvalue weighted by Gasteiger charge is 2.53. The van der Waals surface area contributed by atoms with Crippen LogP contribution in [0.2, 0.25) is 10.1 Å². The van der Waals surface area contributed by atoms with Gasteiger partial charge in [0.2, 0.25) is 0 Å². The van der Waals surface area contributed by atoms with Gasteiger partial charge in [0.05, 0.1) is 23.0 Å². The van der Waals surface area contributed by atoms with E-state index in [4.69, 9.17) is 17.5 Å². The zero-order valence-electron chi connectivity index (χ0n) is 47.0. The van der Waals surface area contributed by atoms with Crippen molar-refractivity contribution in [1.29, 1.82) is 0 Å². The summed E-state index contributed by atoms with van der Waals surface area (Å²) >= 11 is 0. The van der Waals surface area contributed by atoms with Crippen molar-refractivity contribution in [3.63, 3.8) is 0 Å². The molecule has 0 aliphatic carbocycles. The van der Waals surface area contributed by atoms with Crippen LogP contribution in [-0.2, 0) is 49.8 Å². The van der Waals surface area contributed by atoms with Gasteiger partial charge in [-0.1, -0.05) is 203 Å². The molecule has 0 amide bonds. The van der Waals surface area contributed by atoms with Crippen LogP contribution in [0.25, 0.3) is 6.08 Å². The Balaban J connectivity index is 0.000000221. The summed E-state index contributed by atoms with van der Waals surface area (Å²) < 4.78 is 63.4. The lowest BCUT2D eigenvalue weighted by Crippen LogP contribution is -2.64. The van der Waals surface area contributed by atoms with Crippen LogP contribution < -0.4 is 30.2 Å². The van der Waals surface area contributed by atoms with Crippen LogP contribution in [0.1, 0.15) is 122 Å². The fourth-order valence-electron chi connectivity index (χ4n) is 10.8. The Kier molecular flexibility index (Phi) is 17.7. The fourth-order valence-corrected chi connectivity index (χ4v) is 29.2. The van der Waals surface area contributed by atoms with E-state index in [0.29, 0.717) is 33.2 Å². The monoisotopic (exact) mass is 1100 g/mol. The fraction of sp³-hybridized carbons (Fsp3) is 0.400. The van der Waals surface area contributed by atoms with Gasteiger partial charge in [0, 0.05) is 49.7 Å². The zero-order valence-corrected chi connectivity index (χ0v) is 50.7. The van der Waals surface area contributed by atoms with Crippen molar-refractivity contribution in [2.75, 3.05) is 13.2 Å². The molecule has 0 radical (unpaired) electrons. The Hall–Kier alpha value is -5.63. The summed E-state index contributed by atoms with van der Waals surface area (Å²) in [7, 11) is -8.90. The summed E-state index contributed by atoms with van der Waals surface area (Å²) in [5.74, 6) is -0.415. The van der Waals surface area contributed by atoms with Crippen LogP contribution in [0.3, 0.4) is 0 Å². The predicted octanol–water partition coefficient (Wildman–Crippen LogP) is 10.2. The molecule has 4 atom stereocenters. The molecular weight excluding hydrogens is 1020 g/mol.